The van der Waals surface area contributed by atoms with Gasteiger partial charge in [-0.1, -0.05) is 30.3 Å². The summed E-state index contributed by atoms with van der Waals surface area (Å²) < 4.78 is 60.4. The van der Waals surface area contributed by atoms with Gasteiger partial charge in [0, 0.05) is 6.54 Å². The molecule has 1 amide bonds. The Balaban J connectivity index is 2.62. The molecule has 7 heteroatoms. The van der Waals surface area contributed by atoms with E-state index in [0.717, 1.165) is 0 Å². The maximum absolute atomic E-state index is 12.5. The molecule has 0 unspecified atom stereocenters. The van der Waals surface area contributed by atoms with E-state index < -0.39 is 18.0 Å². The Morgan fingerprint density at radius 2 is 1.59 bits per heavy atom. The summed E-state index contributed by atoms with van der Waals surface area (Å²) in [6.45, 7) is -0.384. The Labute approximate surface area is 93.4 Å². The highest BCUT2D eigenvalue weighted by Crippen LogP contribution is 2.35. The van der Waals surface area contributed by atoms with Crippen LogP contribution in [0, 0.1) is 0 Å². The van der Waals surface area contributed by atoms with Gasteiger partial charge >= 0.3 is 18.0 Å². The molecule has 0 fully saturated rings. The SMILES string of the molecule is O=C(NCc1ccccc1)C(F)(F)C(F)(F)F. The van der Waals surface area contributed by atoms with E-state index in [-0.39, 0.29) is 6.54 Å². The fourth-order valence-corrected chi connectivity index (χ4v) is 1.02. The summed E-state index contributed by atoms with van der Waals surface area (Å²) in [6.07, 6.45) is -5.88. The van der Waals surface area contributed by atoms with E-state index in [9.17, 15) is 26.7 Å². The number of hydrogen-bond acceptors (Lipinski definition) is 1. The molecule has 1 aromatic rings. The van der Waals surface area contributed by atoms with Gasteiger partial charge in [0.15, 0.2) is 0 Å². The molecule has 1 N–H and O–H groups in total. The van der Waals surface area contributed by atoms with Crippen LogP contribution in [0.1, 0.15) is 5.56 Å². The summed E-state index contributed by atoms with van der Waals surface area (Å²) in [4.78, 5) is 10.7. The lowest BCUT2D eigenvalue weighted by Gasteiger charge is -2.18. The molecule has 1 aromatic carbocycles. The highest BCUT2D eigenvalue weighted by atomic mass is 19.4. The number of nitrogens with one attached hydrogen (secondary N) is 1. The van der Waals surface area contributed by atoms with Gasteiger partial charge in [-0.15, -0.1) is 0 Å². The summed E-state index contributed by atoms with van der Waals surface area (Å²) in [5.41, 5.74) is 0.429. The van der Waals surface area contributed by atoms with E-state index >= 15 is 0 Å². The van der Waals surface area contributed by atoms with Gasteiger partial charge in [-0.3, -0.25) is 4.79 Å². The van der Waals surface area contributed by atoms with Crippen molar-refractivity contribution in [2.24, 2.45) is 0 Å². The van der Waals surface area contributed by atoms with E-state index in [1.54, 1.807) is 18.2 Å². The van der Waals surface area contributed by atoms with E-state index in [0.29, 0.717) is 5.56 Å². The molecule has 94 valence electrons. The summed E-state index contributed by atoms with van der Waals surface area (Å²) in [7, 11) is 0. The minimum absolute atomic E-state index is 0.384. The predicted octanol–water partition coefficient (Wildman–Crippen LogP) is 2.50. The highest BCUT2D eigenvalue weighted by Gasteiger charge is 2.63. The van der Waals surface area contributed by atoms with Crippen molar-refractivity contribution >= 4 is 5.91 Å². The smallest absolute Gasteiger partial charge is 0.346 e. The second-order valence-corrected chi connectivity index (χ2v) is 3.24. The maximum Gasteiger partial charge on any atom is 0.463 e. The topological polar surface area (TPSA) is 29.1 Å². The number of alkyl halides is 5. The summed E-state index contributed by atoms with van der Waals surface area (Å²) in [5, 5.41) is 1.54. The minimum atomic E-state index is -5.88. The van der Waals surface area contributed by atoms with Crippen molar-refractivity contribution < 1.29 is 26.7 Å². The fraction of sp³-hybridized carbons (Fsp3) is 0.300. The lowest BCUT2D eigenvalue weighted by Crippen LogP contribution is -2.50. The zero-order valence-electron chi connectivity index (χ0n) is 8.39. The molecule has 0 atom stereocenters. The molecule has 0 saturated heterocycles. The van der Waals surface area contributed by atoms with Crippen LogP contribution in [0.4, 0.5) is 22.0 Å². The van der Waals surface area contributed by atoms with Crippen LogP contribution in [-0.2, 0) is 11.3 Å². The Bertz CT molecular complexity index is 387. The van der Waals surface area contributed by atoms with Crippen molar-refractivity contribution in [2.45, 2.75) is 18.6 Å². The Morgan fingerprint density at radius 1 is 1.06 bits per heavy atom. The second kappa shape index (κ2) is 4.68. The Kier molecular flexibility index (Phi) is 3.69. The minimum Gasteiger partial charge on any atom is -0.346 e. The molecule has 0 aliphatic carbocycles. The third-order valence-corrected chi connectivity index (χ3v) is 1.94. The van der Waals surface area contributed by atoms with Crippen LogP contribution in [-0.4, -0.2) is 18.0 Å². The molecule has 0 spiro atoms. The van der Waals surface area contributed by atoms with E-state index in [1.807, 2.05) is 0 Å². The number of carbonyl (C=O) groups is 1. The van der Waals surface area contributed by atoms with Gasteiger partial charge in [0.25, 0.3) is 0 Å². The van der Waals surface area contributed by atoms with Crippen LogP contribution in [0.2, 0.25) is 0 Å². The van der Waals surface area contributed by atoms with E-state index in [4.69, 9.17) is 0 Å². The number of benzene rings is 1. The van der Waals surface area contributed by atoms with Crippen LogP contribution in [0.25, 0.3) is 0 Å². The highest BCUT2D eigenvalue weighted by molar-refractivity contribution is 5.84. The van der Waals surface area contributed by atoms with Gasteiger partial charge in [-0.2, -0.15) is 22.0 Å². The van der Waals surface area contributed by atoms with Gasteiger partial charge in [-0.25, -0.2) is 0 Å². The van der Waals surface area contributed by atoms with Crippen molar-refractivity contribution in [1.82, 2.24) is 5.32 Å². The molecular formula is C10H8F5NO. The molecule has 17 heavy (non-hydrogen) atoms. The molecular weight excluding hydrogens is 245 g/mol. The zero-order chi connectivity index (χ0) is 13.1. The summed E-state index contributed by atoms with van der Waals surface area (Å²) >= 11 is 0. The predicted molar refractivity (Wildman–Crippen MR) is 49.3 cm³/mol. The van der Waals surface area contributed by atoms with E-state index in [2.05, 4.69) is 0 Å². The summed E-state index contributed by atoms with van der Waals surface area (Å²) in [5.74, 6) is -7.73. The molecule has 0 aliphatic rings. The first-order valence-corrected chi connectivity index (χ1v) is 4.52. The van der Waals surface area contributed by atoms with Crippen molar-refractivity contribution in [1.29, 1.82) is 0 Å². The third-order valence-electron chi connectivity index (χ3n) is 1.94. The largest absolute Gasteiger partial charge is 0.463 e. The molecule has 0 aromatic heterocycles. The average molecular weight is 253 g/mol. The van der Waals surface area contributed by atoms with Gasteiger partial charge in [0.05, 0.1) is 0 Å². The van der Waals surface area contributed by atoms with Crippen molar-refractivity contribution in [3.63, 3.8) is 0 Å². The number of carbonyl (C=O) groups excluding carboxylic acids is 1. The zero-order valence-corrected chi connectivity index (χ0v) is 8.39. The monoisotopic (exact) mass is 253 g/mol. The molecule has 0 radical (unpaired) electrons. The summed E-state index contributed by atoms with van der Waals surface area (Å²) in [6, 6.07) is 7.78. The second-order valence-electron chi connectivity index (χ2n) is 3.24. The van der Waals surface area contributed by atoms with Gasteiger partial charge in [-0.05, 0) is 5.56 Å². The number of rotatable bonds is 3. The van der Waals surface area contributed by atoms with Crippen molar-refractivity contribution in [3.05, 3.63) is 35.9 Å². The van der Waals surface area contributed by atoms with Crippen LogP contribution < -0.4 is 5.32 Å². The molecule has 0 bridgehead atoms. The lowest BCUT2D eigenvalue weighted by atomic mass is 10.2. The standard InChI is InChI=1S/C10H8F5NO/c11-9(12,10(13,14)15)8(17)16-6-7-4-2-1-3-5-7/h1-5H,6H2,(H,16,17). The van der Waals surface area contributed by atoms with Gasteiger partial charge in [0.1, 0.15) is 0 Å². The van der Waals surface area contributed by atoms with Crippen LogP contribution in [0.5, 0.6) is 0 Å². The first-order chi connectivity index (χ1) is 7.75. The molecule has 0 saturated carbocycles. The number of amides is 1. The van der Waals surface area contributed by atoms with Gasteiger partial charge in [0.2, 0.25) is 0 Å². The van der Waals surface area contributed by atoms with Crippen LogP contribution in [0.3, 0.4) is 0 Å². The van der Waals surface area contributed by atoms with Crippen molar-refractivity contribution in [2.75, 3.05) is 0 Å². The molecule has 0 aliphatic heterocycles. The van der Waals surface area contributed by atoms with E-state index in [1.165, 1.54) is 17.4 Å². The maximum atomic E-state index is 12.5. The Morgan fingerprint density at radius 3 is 2.06 bits per heavy atom. The first kappa shape index (κ1) is 13.4. The molecule has 2 nitrogen and oxygen atoms in total. The Hall–Kier alpha value is -1.66. The average Bonchev–Trinajstić information content (AvgIpc) is 2.25. The fourth-order valence-electron chi connectivity index (χ4n) is 1.02. The number of hydrogen-bond donors (Lipinski definition) is 1. The molecule has 0 heterocycles. The first-order valence-electron chi connectivity index (χ1n) is 4.52. The number of halogens is 5. The van der Waals surface area contributed by atoms with Crippen LogP contribution in [0.15, 0.2) is 30.3 Å². The third kappa shape index (κ3) is 3.15. The molecule has 1 rings (SSSR count). The quantitative estimate of drug-likeness (QED) is 0.824. The van der Waals surface area contributed by atoms with Crippen LogP contribution >= 0.6 is 0 Å². The van der Waals surface area contributed by atoms with Crippen molar-refractivity contribution in [3.8, 4) is 0 Å². The lowest BCUT2D eigenvalue weighted by molar-refractivity contribution is -0.269. The normalized spacial score (nSPS) is 12.3. The van der Waals surface area contributed by atoms with Gasteiger partial charge < -0.3 is 5.32 Å².